The van der Waals surface area contributed by atoms with Crippen molar-refractivity contribution in [3.63, 3.8) is 0 Å². The summed E-state index contributed by atoms with van der Waals surface area (Å²) in [4.78, 5) is 18.0. The first-order valence-corrected chi connectivity index (χ1v) is 13.8. The molecular weight excluding hydrogens is 494 g/mol. The predicted molar refractivity (Wildman–Crippen MR) is 135 cm³/mol. The molecule has 0 aliphatic carbocycles. The summed E-state index contributed by atoms with van der Waals surface area (Å²) in [7, 11) is -1.98. The van der Waals surface area contributed by atoms with Crippen LogP contribution in [-0.2, 0) is 21.3 Å². The summed E-state index contributed by atoms with van der Waals surface area (Å²) >= 11 is 7.50. The van der Waals surface area contributed by atoms with Gasteiger partial charge >= 0.3 is 0 Å². The number of ether oxygens (including phenoxy) is 1. The van der Waals surface area contributed by atoms with Gasteiger partial charge in [0.1, 0.15) is 0 Å². The number of halogens is 1. The van der Waals surface area contributed by atoms with Crippen molar-refractivity contribution in [2.45, 2.75) is 31.7 Å². The number of methoxy groups -OCH3 is 1. The van der Waals surface area contributed by atoms with Crippen molar-refractivity contribution in [1.82, 2.24) is 8.87 Å². The smallest absolute Gasteiger partial charge is 0.279 e. The molecule has 0 N–H and O–H groups in total. The average Bonchev–Trinajstić information content (AvgIpc) is 3.12. The van der Waals surface area contributed by atoms with Gasteiger partial charge in [-0.25, -0.2) is 8.42 Å². The number of thiazole rings is 1. The lowest BCUT2D eigenvalue weighted by Crippen LogP contribution is -2.42. The number of aromatic nitrogens is 1. The van der Waals surface area contributed by atoms with Crippen LogP contribution >= 0.6 is 22.9 Å². The molecule has 34 heavy (non-hydrogen) atoms. The van der Waals surface area contributed by atoms with Crippen molar-refractivity contribution in [1.29, 1.82) is 0 Å². The number of rotatable bonds is 6. The molecule has 7 nitrogen and oxygen atoms in total. The van der Waals surface area contributed by atoms with E-state index < -0.39 is 15.9 Å². The minimum atomic E-state index is -3.60. The Morgan fingerprint density at radius 3 is 2.47 bits per heavy atom. The van der Waals surface area contributed by atoms with Crippen molar-refractivity contribution < 1.29 is 17.9 Å². The zero-order valence-electron chi connectivity index (χ0n) is 19.4. The Morgan fingerprint density at radius 2 is 1.82 bits per heavy atom. The quantitative estimate of drug-likeness (QED) is 0.481. The van der Waals surface area contributed by atoms with E-state index in [1.54, 1.807) is 17.5 Å². The fourth-order valence-corrected chi connectivity index (χ4v) is 7.41. The van der Waals surface area contributed by atoms with E-state index in [1.807, 2.05) is 16.7 Å². The van der Waals surface area contributed by atoms with Gasteiger partial charge in [-0.05, 0) is 60.7 Å². The Hall–Kier alpha value is -2.04. The molecule has 2 heterocycles. The molecule has 1 aromatic heterocycles. The van der Waals surface area contributed by atoms with E-state index in [-0.39, 0.29) is 4.90 Å². The van der Waals surface area contributed by atoms with Gasteiger partial charge in [0.05, 0.1) is 21.7 Å². The van der Waals surface area contributed by atoms with Crippen molar-refractivity contribution in [2.24, 2.45) is 16.8 Å². The fraction of sp³-hybridized carbons (Fsp3) is 0.417. The molecule has 4 rings (SSSR count). The minimum absolute atomic E-state index is 0.192. The van der Waals surface area contributed by atoms with Crippen LogP contribution in [-0.4, -0.2) is 50.0 Å². The Labute approximate surface area is 208 Å². The van der Waals surface area contributed by atoms with Gasteiger partial charge in [-0.15, -0.1) is 0 Å². The van der Waals surface area contributed by atoms with Gasteiger partial charge in [0.25, 0.3) is 5.91 Å². The lowest BCUT2D eigenvalue weighted by atomic mass is 9.94. The number of carbonyl (C=O) groups excluding carboxylic acids is 1. The van der Waals surface area contributed by atoms with Gasteiger partial charge in [-0.1, -0.05) is 36.8 Å². The van der Waals surface area contributed by atoms with E-state index in [1.165, 1.54) is 35.6 Å². The minimum Gasteiger partial charge on any atom is -0.383 e. The average molecular weight is 522 g/mol. The number of hydrogen-bond donors (Lipinski definition) is 0. The summed E-state index contributed by atoms with van der Waals surface area (Å²) in [5.41, 5.74) is 1.25. The van der Waals surface area contributed by atoms with E-state index in [4.69, 9.17) is 16.3 Å². The van der Waals surface area contributed by atoms with Crippen LogP contribution in [0.25, 0.3) is 10.2 Å². The van der Waals surface area contributed by atoms with E-state index in [0.717, 1.165) is 16.6 Å². The van der Waals surface area contributed by atoms with Crippen LogP contribution in [0.15, 0.2) is 52.4 Å². The second kappa shape index (κ2) is 10.3. The molecule has 1 fully saturated rings. The molecule has 2 unspecified atom stereocenters. The van der Waals surface area contributed by atoms with Crippen LogP contribution in [0.1, 0.15) is 30.6 Å². The molecule has 0 spiro atoms. The SMILES string of the molecule is COCCn1c(=NC(=O)c2ccc(S(=O)(=O)N3CC(C)CC(C)C3)cc2)sc2cc(Cl)ccc21. The Kier molecular flexibility index (Phi) is 7.59. The molecule has 1 amide bonds. The number of amides is 1. The number of hydrogen-bond acceptors (Lipinski definition) is 5. The summed E-state index contributed by atoms with van der Waals surface area (Å²) in [6.07, 6.45) is 1.02. The maximum Gasteiger partial charge on any atom is 0.279 e. The highest BCUT2D eigenvalue weighted by atomic mass is 35.5. The number of benzene rings is 2. The van der Waals surface area contributed by atoms with Crippen LogP contribution in [0.5, 0.6) is 0 Å². The van der Waals surface area contributed by atoms with E-state index in [2.05, 4.69) is 18.8 Å². The van der Waals surface area contributed by atoms with Crippen LogP contribution in [0.2, 0.25) is 5.02 Å². The first kappa shape index (κ1) is 25.1. The number of piperidine rings is 1. The van der Waals surface area contributed by atoms with Crippen LogP contribution < -0.4 is 4.80 Å². The molecular formula is C24H28ClN3O4S2. The third-order valence-electron chi connectivity index (χ3n) is 5.94. The van der Waals surface area contributed by atoms with Gasteiger partial charge in [-0.3, -0.25) is 4.79 Å². The predicted octanol–water partition coefficient (Wildman–Crippen LogP) is 4.41. The van der Waals surface area contributed by atoms with Gasteiger partial charge in [0.2, 0.25) is 10.0 Å². The topological polar surface area (TPSA) is 81.0 Å². The molecule has 182 valence electrons. The summed E-state index contributed by atoms with van der Waals surface area (Å²) in [5, 5.41) is 0.611. The van der Waals surface area contributed by atoms with E-state index >= 15 is 0 Å². The third-order valence-corrected chi connectivity index (χ3v) is 9.06. The standard InChI is InChI=1S/C24H28ClN3O4S2/c1-16-12-17(2)15-27(14-16)34(30,31)20-7-4-18(5-8-20)23(29)26-24-28(10-11-32-3)21-9-6-19(25)13-22(21)33-24/h4-9,13,16-17H,10-12,14-15H2,1-3H3. The Morgan fingerprint density at radius 1 is 1.15 bits per heavy atom. The summed E-state index contributed by atoms with van der Waals surface area (Å²) < 4.78 is 35.8. The second-order valence-corrected chi connectivity index (χ2v) is 12.2. The first-order chi connectivity index (χ1) is 16.2. The largest absolute Gasteiger partial charge is 0.383 e. The Balaban J connectivity index is 1.63. The number of carbonyl (C=O) groups is 1. The zero-order chi connectivity index (χ0) is 24.5. The molecule has 1 aliphatic rings. The highest BCUT2D eigenvalue weighted by molar-refractivity contribution is 7.89. The molecule has 0 saturated carbocycles. The summed E-state index contributed by atoms with van der Waals surface area (Å²) in [5.74, 6) is 0.200. The maximum absolute atomic E-state index is 13.1. The van der Waals surface area contributed by atoms with Gasteiger partial charge in [0, 0.05) is 37.3 Å². The fourth-order valence-electron chi connectivity index (χ4n) is 4.40. The number of nitrogens with zero attached hydrogens (tertiary/aromatic N) is 3. The summed E-state index contributed by atoms with van der Waals surface area (Å²) in [6, 6.07) is 11.6. The number of sulfonamides is 1. The molecule has 1 saturated heterocycles. The molecule has 0 bridgehead atoms. The molecule has 10 heteroatoms. The van der Waals surface area contributed by atoms with Crippen LogP contribution in [0, 0.1) is 11.8 Å². The van der Waals surface area contributed by atoms with Crippen LogP contribution in [0.4, 0.5) is 0 Å². The van der Waals surface area contributed by atoms with Crippen molar-refractivity contribution in [3.05, 3.63) is 57.9 Å². The second-order valence-electron chi connectivity index (χ2n) is 8.85. The van der Waals surface area contributed by atoms with E-state index in [0.29, 0.717) is 53.5 Å². The molecule has 2 aromatic carbocycles. The molecule has 0 radical (unpaired) electrons. The molecule has 2 atom stereocenters. The third kappa shape index (κ3) is 5.28. The Bertz CT molecular complexity index is 1350. The van der Waals surface area contributed by atoms with Gasteiger partial charge in [0.15, 0.2) is 4.80 Å². The normalized spacial score (nSPS) is 20.2. The monoisotopic (exact) mass is 521 g/mol. The van der Waals surface area contributed by atoms with Crippen LogP contribution in [0.3, 0.4) is 0 Å². The lowest BCUT2D eigenvalue weighted by Gasteiger charge is -2.34. The van der Waals surface area contributed by atoms with E-state index in [9.17, 15) is 13.2 Å². The molecule has 1 aliphatic heterocycles. The van der Waals surface area contributed by atoms with Crippen molar-refractivity contribution in [2.75, 3.05) is 26.8 Å². The highest BCUT2D eigenvalue weighted by Gasteiger charge is 2.31. The highest BCUT2D eigenvalue weighted by Crippen LogP contribution is 2.27. The maximum atomic E-state index is 13.1. The van der Waals surface area contributed by atoms with Gasteiger partial charge in [-0.2, -0.15) is 9.30 Å². The zero-order valence-corrected chi connectivity index (χ0v) is 21.8. The van der Waals surface area contributed by atoms with Crippen molar-refractivity contribution in [3.8, 4) is 0 Å². The first-order valence-electron chi connectivity index (χ1n) is 11.2. The van der Waals surface area contributed by atoms with Crippen molar-refractivity contribution >= 4 is 49.1 Å². The summed E-state index contributed by atoms with van der Waals surface area (Å²) in [6.45, 7) is 6.18. The molecule has 3 aromatic rings. The number of fused-ring (bicyclic) bond motifs is 1. The van der Waals surface area contributed by atoms with Gasteiger partial charge < -0.3 is 9.30 Å². The lowest BCUT2D eigenvalue weighted by molar-refractivity contribution is 0.0997.